The number of amides is 1. The number of hydrogen-bond acceptors (Lipinski definition) is 2. The van der Waals surface area contributed by atoms with Crippen LogP contribution in [0.15, 0.2) is 36.4 Å². The van der Waals surface area contributed by atoms with Gasteiger partial charge in [-0.15, -0.1) is 0 Å². The third-order valence-electron chi connectivity index (χ3n) is 3.43. The van der Waals surface area contributed by atoms with Crippen molar-refractivity contribution in [3.8, 4) is 0 Å². The van der Waals surface area contributed by atoms with Crippen LogP contribution in [0.1, 0.15) is 19.4 Å². The Hall–Kier alpha value is -2.50. The van der Waals surface area contributed by atoms with Gasteiger partial charge in [0, 0.05) is 5.69 Å². The van der Waals surface area contributed by atoms with Crippen molar-refractivity contribution in [2.45, 2.75) is 26.3 Å². The van der Waals surface area contributed by atoms with Crippen LogP contribution in [0.3, 0.4) is 0 Å². The van der Waals surface area contributed by atoms with Crippen LogP contribution in [0.4, 0.5) is 24.5 Å². The Morgan fingerprint density at radius 2 is 1.70 bits per heavy atom. The van der Waals surface area contributed by atoms with Crippen molar-refractivity contribution in [3.05, 3.63) is 59.4 Å². The summed E-state index contributed by atoms with van der Waals surface area (Å²) in [5.74, 6) is -4.89. The molecule has 0 spiro atoms. The van der Waals surface area contributed by atoms with E-state index >= 15 is 0 Å². The van der Waals surface area contributed by atoms with E-state index in [1.807, 2.05) is 31.2 Å². The maximum absolute atomic E-state index is 13.5. The lowest BCUT2D eigenvalue weighted by molar-refractivity contribution is -0.116. The summed E-state index contributed by atoms with van der Waals surface area (Å²) in [4.78, 5) is 12.0. The van der Waals surface area contributed by atoms with E-state index in [4.69, 9.17) is 0 Å². The van der Waals surface area contributed by atoms with Gasteiger partial charge >= 0.3 is 0 Å². The second-order valence-corrected chi connectivity index (χ2v) is 5.13. The minimum Gasteiger partial charge on any atom is -0.374 e. The Balaban J connectivity index is 2.03. The number of halogens is 3. The summed E-state index contributed by atoms with van der Waals surface area (Å²) >= 11 is 0. The summed E-state index contributed by atoms with van der Waals surface area (Å²) in [5, 5.41) is 5.19. The van der Waals surface area contributed by atoms with Gasteiger partial charge in [-0.1, -0.05) is 19.1 Å². The zero-order valence-electron chi connectivity index (χ0n) is 12.8. The predicted octanol–water partition coefficient (Wildman–Crippen LogP) is 4.11. The van der Waals surface area contributed by atoms with Gasteiger partial charge in [0.15, 0.2) is 17.5 Å². The van der Waals surface area contributed by atoms with Gasteiger partial charge < -0.3 is 10.6 Å². The van der Waals surface area contributed by atoms with Crippen molar-refractivity contribution in [2.24, 2.45) is 0 Å². The molecule has 0 radical (unpaired) electrons. The second kappa shape index (κ2) is 7.17. The summed E-state index contributed by atoms with van der Waals surface area (Å²) in [5.41, 5.74) is 1.50. The number of hydrogen-bond donors (Lipinski definition) is 2. The Morgan fingerprint density at radius 1 is 1.04 bits per heavy atom. The largest absolute Gasteiger partial charge is 0.374 e. The highest BCUT2D eigenvalue weighted by Gasteiger charge is 2.18. The lowest BCUT2D eigenvalue weighted by Crippen LogP contribution is -2.32. The van der Waals surface area contributed by atoms with Crippen LogP contribution >= 0.6 is 0 Å². The molecular formula is C17H17F3N2O. The third-order valence-corrected chi connectivity index (χ3v) is 3.43. The third kappa shape index (κ3) is 4.03. The molecule has 0 aromatic heterocycles. The molecule has 0 saturated carbocycles. The van der Waals surface area contributed by atoms with Crippen molar-refractivity contribution in [1.82, 2.24) is 0 Å². The lowest BCUT2D eigenvalue weighted by Gasteiger charge is -2.16. The topological polar surface area (TPSA) is 41.1 Å². The number of carbonyl (C=O) groups is 1. The van der Waals surface area contributed by atoms with Crippen molar-refractivity contribution >= 4 is 17.3 Å². The fourth-order valence-electron chi connectivity index (χ4n) is 2.02. The lowest BCUT2D eigenvalue weighted by atomic mass is 10.1. The zero-order valence-corrected chi connectivity index (χ0v) is 12.8. The molecule has 0 unspecified atom stereocenters. The molecule has 0 saturated heterocycles. The van der Waals surface area contributed by atoms with Crippen molar-refractivity contribution in [1.29, 1.82) is 0 Å². The average Bonchev–Trinajstić information content (AvgIpc) is 2.56. The Kier molecular flexibility index (Phi) is 5.26. The van der Waals surface area contributed by atoms with Crippen molar-refractivity contribution in [2.75, 3.05) is 10.6 Å². The van der Waals surface area contributed by atoms with Gasteiger partial charge in [0.2, 0.25) is 5.91 Å². The normalized spacial score (nSPS) is 11.9. The minimum atomic E-state index is -1.61. The summed E-state index contributed by atoms with van der Waals surface area (Å²) < 4.78 is 39.6. The van der Waals surface area contributed by atoms with Gasteiger partial charge in [-0.3, -0.25) is 4.79 Å². The first-order valence-corrected chi connectivity index (χ1v) is 7.22. The van der Waals surface area contributed by atoms with E-state index in [1.165, 1.54) is 0 Å². The molecule has 2 aromatic rings. The van der Waals surface area contributed by atoms with Gasteiger partial charge in [0.1, 0.15) is 6.04 Å². The molecule has 2 rings (SSSR count). The molecule has 0 fully saturated rings. The highest BCUT2D eigenvalue weighted by atomic mass is 19.2. The Labute approximate surface area is 132 Å². The first kappa shape index (κ1) is 16.9. The molecule has 0 bridgehead atoms. The molecule has 0 aliphatic rings. The number of anilines is 2. The first-order valence-electron chi connectivity index (χ1n) is 7.22. The van der Waals surface area contributed by atoms with E-state index in [1.54, 1.807) is 6.92 Å². The molecule has 0 aliphatic carbocycles. The SMILES string of the molecule is CCc1ccc(N[C@H](C)C(=O)Nc2ccc(F)c(F)c2F)cc1. The average molecular weight is 322 g/mol. The van der Waals surface area contributed by atoms with Crippen molar-refractivity contribution in [3.63, 3.8) is 0 Å². The van der Waals surface area contributed by atoms with Crippen LogP contribution < -0.4 is 10.6 Å². The van der Waals surface area contributed by atoms with E-state index in [-0.39, 0.29) is 0 Å². The summed E-state index contributed by atoms with van der Waals surface area (Å²) in [6, 6.07) is 8.59. The molecule has 0 aliphatic heterocycles. The maximum Gasteiger partial charge on any atom is 0.246 e. The fraction of sp³-hybridized carbons (Fsp3) is 0.235. The number of carbonyl (C=O) groups excluding carboxylic acids is 1. The number of aryl methyl sites for hydroxylation is 1. The Morgan fingerprint density at radius 3 is 2.30 bits per heavy atom. The van der Waals surface area contributed by atoms with Crippen molar-refractivity contribution < 1.29 is 18.0 Å². The fourth-order valence-corrected chi connectivity index (χ4v) is 2.02. The predicted molar refractivity (Wildman–Crippen MR) is 83.9 cm³/mol. The summed E-state index contributed by atoms with van der Waals surface area (Å²) in [6.07, 6.45) is 0.908. The molecule has 2 aromatic carbocycles. The summed E-state index contributed by atoms with van der Waals surface area (Å²) in [7, 11) is 0. The van der Waals surface area contributed by atoms with E-state index in [0.29, 0.717) is 0 Å². The molecule has 2 N–H and O–H groups in total. The minimum absolute atomic E-state index is 0.399. The quantitative estimate of drug-likeness (QED) is 0.814. The smallest absolute Gasteiger partial charge is 0.246 e. The van der Waals surface area contributed by atoms with E-state index in [0.717, 1.165) is 29.8 Å². The summed E-state index contributed by atoms with van der Waals surface area (Å²) in [6.45, 7) is 3.62. The Bertz CT molecular complexity index is 702. The van der Waals surface area contributed by atoms with Gasteiger partial charge in [-0.25, -0.2) is 13.2 Å². The van der Waals surface area contributed by atoms with E-state index in [9.17, 15) is 18.0 Å². The van der Waals surface area contributed by atoms with Crippen LogP contribution in [0.5, 0.6) is 0 Å². The van der Waals surface area contributed by atoms with Crippen LogP contribution in [0.25, 0.3) is 0 Å². The molecule has 1 atom stereocenters. The molecular weight excluding hydrogens is 305 g/mol. The van der Waals surface area contributed by atoms with Crippen LogP contribution in [0.2, 0.25) is 0 Å². The van der Waals surface area contributed by atoms with Crippen LogP contribution in [-0.4, -0.2) is 11.9 Å². The van der Waals surface area contributed by atoms with Gasteiger partial charge in [-0.05, 0) is 43.2 Å². The van der Waals surface area contributed by atoms with Crippen LogP contribution in [0, 0.1) is 17.5 Å². The van der Waals surface area contributed by atoms with Gasteiger partial charge in [0.05, 0.1) is 5.69 Å². The van der Waals surface area contributed by atoms with Gasteiger partial charge in [-0.2, -0.15) is 0 Å². The molecule has 0 heterocycles. The van der Waals surface area contributed by atoms with E-state index in [2.05, 4.69) is 10.6 Å². The molecule has 122 valence electrons. The van der Waals surface area contributed by atoms with Gasteiger partial charge in [0.25, 0.3) is 0 Å². The molecule has 1 amide bonds. The maximum atomic E-state index is 13.5. The molecule has 3 nitrogen and oxygen atoms in total. The second-order valence-electron chi connectivity index (χ2n) is 5.13. The standard InChI is InChI=1S/C17H17F3N2O/c1-3-11-4-6-12(7-5-11)21-10(2)17(23)22-14-9-8-13(18)15(19)16(14)20/h4-10,21H,3H2,1-2H3,(H,22,23)/t10-/m1/s1. The zero-order chi connectivity index (χ0) is 17.0. The number of rotatable bonds is 5. The number of benzene rings is 2. The van der Waals surface area contributed by atoms with Crippen LogP contribution in [-0.2, 0) is 11.2 Å². The molecule has 23 heavy (non-hydrogen) atoms. The molecule has 6 heteroatoms. The highest BCUT2D eigenvalue weighted by molar-refractivity contribution is 5.96. The monoisotopic (exact) mass is 322 g/mol. The first-order chi connectivity index (χ1) is 10.9. The highest BCUT2D eigenvalue weighted by Crippen LogP contribution is 2.20. The number of nitrogens with one attached hydrogen (secondary N) is 2. The van der Waals surface area contributed by atoms with E-state index < -0.39 is 35.1 Å².